The van der Waals surface area contributed by atoms with Crippen LogP contribution in [0, 0.1) is 11.8 Å². The van der Waals surface area contributed by atoms with Crippen LogP contribution in [0.1, 0.15) is 16.1 Å². The van der Waals surface area contributed by atoms with Gasteiger partial charge in [-0.3, -0.25) is 14.6 Å². The van der Waals surface area contributed by atoms with E-state index >= 15 is 0 Å². The van der Waals surface area contributed by atoms with Gasteiger partial charge in [0.1, 0.15) is 35.6 Å². The number of hydrogen-bond donors (Lipinski definition) is 2. The third-order valence-corrected chi connectivity index (χ3v) is 7.79. The molecule has 3 aromatic rings. The molecule has 2 amide bonds. The van der Waals surface area contributed by atoms with E-state index in [2.05, 4.69) is 22.1 Å². The van der Waals surface area contributed by atoms with Crippen LogP contribution in [0.5, 0.6) is 17.2 Å². The van der Waals surface area contributed by atoms with E-state index in [1.165, 1.54) is 17.2 Å². The maximum absolute atomic E-state index is 13.2. The summed E-state index contributed by atoms with van der Waals surface area (Å²) in [6.45, 7) is -0.106. The number of amides is 2. The van der Waals surface area contributed by atoms with Crippen LogP contribution in [-0.4, -0.2) is 67.1 Å². The van der Waals surface area contributed by atoms with E-state index in [1.54, 1.807) is 43.4 Å². The number of para-hydroxylation sites is 1. The Hall–Kier alpha value is -4.40. The number of aromatic nitrogens is 1. The summed E-state index contributed by atoms with van der Waals surface area (Å²) in [6.07, 6.45) is 1.44. The van der Waals surface area contributed by atoms with Gasteiger partial charge in [-0.05, 0) is 36.4 Å². The van der Waals surface area contributed by atoms with Gasteiger partial charge in [-0.15, -0.1) is 0 Å². The highest BCUT2D eigenvalue weighted by Crippen LogP contribution is 2.32. The van der Waals surface area contributed by atoms with Gasteiger partial charge in [0.25, 0.3) is 11.8 Å². The van der Waals surface area contributed by atoms with Gasteiger partial charge in [-0.1, -0.05) is 30.0 Å². The van der Waals surface area contributed by atoms with Crippen molar-refractivity contribution in [3.05, 3.63) is 78.1 Å². The number of likely N-dealkylation sites (N-methyl/N-ethyl adjacent to an activating group) is 1. The first-order valence-electron chi connectivity index (χ1n) is 11.6. The lowest BCUT2D eigenvalue weighted by atomic mass is 10.1. The minimum atomic E-state index is -3.25. The van der Waals surface area contributed by atoms with Crippen LogP contribution in [0.3, 0.4) is 0 Å². The Balaban J connectivity index is 1.28. The summed E-state index contributed by atoms with van der Waals surface area (Å²) in [5.41, 5.74) is -0.615. The second-order valence-corrected chi connectivity index (χ2v) is 11.1. The highest BCUT2D eigenvalue weighted by molar-refractivity contribution is 7.93. The van der Waals surface area contributed by atoms with Gasteiger partial charge in [0.2, 0.25) is 0 Å². The van der Waals surface area contributed by atoms with Gasteiger partial charge >= 0.3 is 0 Å². The Morgan fingerprint density at radius 3 is 2.66 bits per heavy atom. The summed E-state index contributed by atoms with van der Waals surface area (Å²) in [4.78, 5) is 31.6. The molecule has 0 spiro atoms. The maximum Gasteiger partial charge on any atom is 0.270 e. The largest absolute Gasteiger partial charge is 0.489 e. The lowest BCUT2D eigenvalue weighted by Crippen LogP contribution is -2.53. The minimum absolute atomic E-state index is 0.0733. The van der Waals surface area contributed by atoms with Crippen LogP contribution in [0.4, 0.5) is 5.69 Å². The van der Waals surface area contributed by atoms with Crippen LogP contribution in [0.2, 0.25) is 0 Å². The molecule has 2 aromatic carbocycles. The van der Waals surface area contributed by atoms with Crippen molar-refractivity contribution in [3.8, 4) is 29.1 Å². The third kappa shape index (κ3) is 5.46. The number of nitrogens with zero attached hydrogens (tertiary/aromatic N) is 2. The number of carbonyl (C=O) groups excluding carboxylic acids is 2. The smallest absolute Gasteiger partial charge is 0.270 e. The van der Waals surface area contributed by atoms with E-state index < -0.39 is 44.8 Å². The minimum Gasteiger partial charge on any atom is -0.489 e. The van der Waals surface area contributed by atoms with E-state index in [-0.39, 0.29) is 12.3 Å². The molecule has 1 atom stereocenters. The summed E-state index contributed by atoms with van der Waals surface area (Å²) in [5.74, 6) is 5.00. The second kappa shape index (κ2) is 9.81. The average Bonchev–Trinajstić information content (AvgIpc) is 2.99. The van der Waals surface area contributed by atoms with Gasteiger partial charge in [0.15, 0.2) is 15.4 Å². The molecular weight excluding hydrogens is 510 g/mol. The summed E-state index contributed by atoms with van der Waals surface area (Å²) >= 11 is 0. The number of fused-ring (bicyclic) bond motifs is 1. The monoisotopic (exact) mass is 533 g/mol. The number of carbonyl (C=O) groups is 2. The van der Waals surface area contributed by atoms with Crippen LogP contribution in [0.15, 0.2) is 66.9 Å². The van der Waals surface area contributed by atoms with E-state index in [1.807, 2.05) is 18.2 Å². The summed E-state index contributed by atoms with van der Waals surface area (Å²) in [6, 6.07) is 16.1. The van der Waals surface area contributed by atoms with Gasteiger partial charge in [-0.2, -0.15) is 0 Å². The molecule has 38 heavy (non-hydrogen) atoms. The van der Waals surface area contributed by atoms with E-state index in [0.717, 1.165) is 0 Å². The quantitative estimate of drug-likeness (QED) is 0.483. The molecule has 0 bridgehead atoms. The van der Waals surface area contributed by atoms with Gasteiger partial charge in [0, 0.05) is 24.9 Å². The molecule has 3 heterocycles. The Morgan fingerprint density at radius 2 is 1.92 bits per heavy atom. The number of anilines is 1. The van der Waals surface area contributed by atoms with Crippen LogP contribution in [0.25, 0.3) is 0 Å². The number of pyridine rings is 1. The standard InChI is InChI=1S/C27H23N3O7S/c1-30-23-13-18(9-11-27(33)16-38(34,35)17-27)7-8-24(23)36-15-22(26(30)32)29-25(31)21-14-20(10-12-28-21)37-19-5-3-2-4-6-19/h2-8,10,12-14,22,33H,15-17H2,1H3,(H,29,31)/t22-/m1/s1. The molecule has 1 fully saturated rings. The fourth-order valence-corrected chi connectivity index (χ4v) is 5.60. The molecule has 5 rings (SSSR count). The van der Waals surface area contributed by atoms with Crippen molar-refractivity contribution in [2.45, 2.75) is 11.6 Å². The predicted molar refractivity (Wildman–Crippen MR) is 138 cm³/mol. The Kier molecular flexibility index (Phi) is 6.52. The average molecular weight is 534 g/mol. The molecule has 194 valence electrons. The molecule has 0 aliphatic carbocycles. The lowest BCUT2D eigenvalue weighted by molar-refractivity contribution is -0.120. The van der Waals surface area contributed by atoms with Crippen molar-refractivity contribution in [2.75, 3.05) is 30.1 Å². The van der Waals surface area contributed by atoms with Crippen molar-refractivity contribution in [2.24, 2.45) is 0 Å². The Labute approximate surface area is 219 Å². The number of sulfone groups is 1. The summed E-state index contributed by atoms with van der Waals surface area (Å²) in [7, 11) is -1.71. The molecule has 10 nitrogen and oxygen atoms in total. The van der Waals surface area contributed by atoms with Crippen molar-refractivity contribution in [3.63, 3.8) is 0 Å². The van der Waals surface area contributed by atoms with Crippen LogP contribution < -0.4 is 19.7 Å². The predicted octanol–water partition coefficient (Wildman–Crippen LogP) is 1.54. The molecule has 2 N–H and O–H groups in total. The number of rotatable bonds is 4. The normalized spacial score (nSPS) is 18.9. The number of ether oxygens (including phenoxy) is 2. The van der Waals surface area contributed by atoms with Crippen molar-refractivity contribution in [1.29, 1.82) is 0 Å². The van der Waals surface area contributed by atoms with Crippen molar-refractivity contribution < 1.29 is 32.6 Å². The fraction of sp³-hybridized carbons (Fsp3) is 0.222. The van der Waals surface area contributed by atoms with Crippen molar-refractivity contribution >= 4 is 27.3 Å². The fourth-order valence-electron chi connectivity index (χ4n) is 4.08. The highest BCUT2D eigenvalue weighted by Gasteiger charge is 2.46. The number of hydrogen-bond acceptors (Lipinski definition) is 8. The molecule has 1 saturated heterocycles. The zero-order chi connectivity index (χ0) is 26.9. The van der Waals surface area contributed by atoms with Crippen LogP contribution in [-0.2, 0) is 14.6 Å². The zero-order valence-electron chi connectivity index (χ0n) is 20.2. The SMILES string of the molecule is CN1C(=O)[C@H](NC(=O)c2cc(Oc3ccccc3)ccn2)COc2ccc(C#CC3(O)CS(=O)(=O)C3)cc21. The lowest BCUT2D eigenvalue weighted by Gasteiger charge is -2.30. The van der Waals surface area contributed by atoms with E-state index in [9.17, 15) is 23.1 Å². The topological polar surface area (TPSA) is 135 Å². The molecule has 1 aromatic heterocycles. The number of nitrogens with one attached hydrogen (secondary N) is 1. The van der Waals surface area contributed by atoms with E-state index in [0.29, 0.717) is 28.5 Å². The zero-order valence-corrected chi connectivity index (χ0v) is 21.1. The molecule has 2 aliphatic heterocycles. The molecular formula is C27H23N3O7S. The first kappa shape index (κ1) is 25.3. The van der Waals surface area contributed by atoms with E-state index in [4.69, 9.17) is 9.47 Å². The maximum atomic E-state index is 13.2. The number of benzene rings is 2. The second-order valence-electron chi connectivity index (χ2n) is 9.02. The molecule has 0 saturated carbocycles. The van der Waals surface area contributed by atoms with Crippen LogP contribution >= 0.6 is 0 Å². The molecule has 2 aliphatic rings. The first-order valence-corrected chi connectivity index (χ1v) is 13.4. The van der Waals surface area contributed by atoms with Crippen molar-refractivity contribution in [1.82, 2.24) is 10.3 Å². The molecule has 0 radical (unpaired) electrons. The summed E-state index contributed by atoms with van der Waals surface area (Å²) in [5, 5.41) is 12.9. The molecule has 11 heteroatoms. The van der Waals surface area contributed by atoms with Gasteiger partial charge < -0.3 is 24.8 Å². The van der Waals surface area contributed by atoms with Gasteiger partial charge in [0.05, 0.1) is 17.2 Å². The molecule has 0 unspecified atom stereocenters. The summed E-state index contributed by atoms with van der Waals surface area (Å²) < 4.78 is 34.3. The Bertz CT molecular complexity index is 1570. The highest BCUT2D eigenvalue weighted by atomic mass is 32.2. The third-order valence-electron chi connectivity index (χ3n) is 5.96. The Morgan fingerprint density at radius 1 is 1.16 bits per heavy atom. The first-order chi connectivity index (χ1) is 18.1. The van der Waals surface area contributed by atoms with Gasteiger partial charge in [-0.25, -0.2) is 8.42 Å². The number of aliphatic hydroxyl groups is 1.